The van der Waals surface area contributed by atoms with Crippen LogP contribution in [0, 0.1) is 11.8 Å². The van der Waals surface area contributed by atoms with Gasteiger partial charge in [0.1, 0.15) is 0 Å². The zero-order valence-corrected chi connectivity index (χ0v) is 7.37. The average Bonchev–Trinajstić information content (AvgIpc) is 1.64. The first-order chi connectivity index (χ1) is 4.09. The van der Waals surface area contributed by atoms with Crippen LogP contribution in [-0.4, -0.2) is 6.04 Å². The van der Waals surface area contributed by atoms with Crippen molar-refractivity contribution in [1.82, 2.24) is 4.84 Å². The van der Waals surface area contributed by atoms with Crippen molar-refractivity contribution in [2.45, 2.75) is 33.7 Å². The van der Waals surface area contributed by atoms with E-state index in [-0.39, 0.29) is 0 Å². The minimum Gasteiger partial charge on any atom is -0.230 e. The molecule has 0 aliphatic rings. The highest BCUT2D eigenvalue weighted by Gasteiger charge is 2.14. The molecule has 0 saturated carbocycles. The van der Waals surface area contributed by atoms with Crippen LogP contribution in [0.25, 0.3) is 0 Å². The van der Waals surface area contributed by atoms with Crippen molar-refractivity contribution in [2.24, 2.45) is 11.8 Å². The van der Waals surface area contributed by atoms with Crippen LogP contribution < -0.4 is 4.84 Å². The number of hydrogen-bond donors (Lipinski definition) is 1. The highest BCUT2D eigenvalue weighted by Crippen LogP contribution is 2.11. The second kappa shape index (κ2) is 4.13. The molecule has 0 amide bonds. The molecule has 0 heterocycles. The normalized spacial score (nSPS) is 12.0. The Labute approximate surface area is 62.9 Å². The summed E-state index contributed by atoms with van der Waals surface area (Å²) in [5.74, 6) is 1.23. The Kier molecular flexibility index (Phi) is 4.24. The van der Waals surface area contributed by atoms with E-state index in [1.807, 2.05) is 0 Å². The first-order valence-corrected chi connectivity index (χ1v) is 3.83. The fourth-order valence-corrected chi connectivity index (χ4v) is 1.53. The topological polar surface area (TPSA) is 12.0 Å². The Bertz CT molecular complexity index is 63.3. The molecule has 0 atom stereocenters. The van der Waals surface area contributed by atoms with Gasteiger partial charge in [0, 0.05) is 6.04 Å². The summed E-state index contributed by atoms with van der Waals surface area (Å²) < 4.78 is 0. The number of halogens is 1. The van der Waals surface area contributed by atoms with Crippen molar-refractivity contribution < 1.29 is 0 Å². The number of nitrogens with one attached hydrogen (secondary N) is 1. The molecule has 0 aromatic heterocycles. The summed E-state index contributed by atoms with van der Waals surface area (Å²) in [5.41, 5.74) is 0. The van der Waals surface area contributed by atoms with Gasteiger partial charge in [0.05, 0.1) is 0 Å². The van der Waals surface area contributed by atoms with Crippen molar-refractivity contribution >= 4 is 11.8 Å². The van der Waals surface area contributed by atoms with Gasteiger partial charge in [-0.3, -0.25) is 0 Å². The molecule has 56 valence electrons. The third-order valence-corrected chi connectivity index (χ3v) is 1.81. The lowest BCUT2D eigenvalue weighted by Crippen LogP contribution is -2.32. The molecule has 9 heavy (non-hydrogen) atoms. The van der Waals surface area contributed by atoms with Gasteiger partial charge in [-0.05, 0) is 23.6 Å². The zero-order chi connectivity index (χ0) is 7.44. The van der Waals surface area contributed by atoms with Gasteiger partial charge < -0.3 is 0 Å². The molecule has 0 aliphatic heterocycles. The van der Waals surface area contributed by atoms with Gasteiger partial charge in [-0.1, -0.05) is 27.7 Å². The van der Waals surface area contributed by atoms with Crippen molar-refractivity contribution in [1.29, 1.82) is 0 Å². The summed E-state index contributed by atoms with van der Waals surface area (Å²) in [7, 11) is 0. The molecule has 0 aliphatic carbocycles. The smallest absolute Gasteiger partial charge is 0.0266 e. The Morgan fingerprint density at radius 3 is 1.33 bits per heavy atom. The lowest BCUT2D eigenvalue weighted by molar-refractivity contribution is 0.362. The van der Waals surface area contributed by atoms with Gasteiger partial charge >= 0.3 is 0 Å². The van der Waals surface area contributed by atoms with Crippen LogP contribution in [0.1, 0.15) is 27.7 Å². The average molecular weight is 150 g/mol. The van der Waals surface area contributed by atoms with E-state index in [2.05, 4.69) is 32.5 Å². The van der Waals surface area contributed by atoms with Crippen LogP contribution in [0.5, 0.6) is 0 Å². The first-order valence-electron chi connectivity index (χ1n) is 3.45. The molecular weight excluding hydrogens is 134 g/mol. The van der Waals surface area contributed by atoms with E-state index in [9.17, 15) is 0 Å². The summed E-state index contributed by atoms with van der Waals surface area (Å²) in [6.07, 6.45) is 0. The highest BCUT2D eigenvalue weighted by molar-refractivity contribution is 6.13. The molecule has 0 unspecified atom stereocenters. The molecule has 2 heteroatoms. The quantitative estimate of drug-likeness (QED) is 0.608. The monoisotopic (exact) mass is 149 g/mol. The van der Waals surface area contributed by atoms with E-state index in [1.54, 1.807) is 0 Å². The standard InChI is InChI=1S/C7H16ClN/c1-5(2)7(9-8)6(3)4/h5-7,9H,1-4H3. The Balaban J connectivity index is 3.68. The molecule has 0 bridgehead atoms. The van der Waals surface area contributed by atoms with E-state index in [0.29, 0.717) is 17.9 Å². The Hall–Kier alpha value is 0.250. The summed E-state index contributed by atoms with van der Waals surface area (Å²) in [6, 6.07) is 0.437. The molecule has 1 nitrogen and oxygen atoms in total. The maximum absolute atomic E-state index is 5.51. The maximum Gasteiger partial charge on any atom is 0.0266 e. The van der Waals surface area contributed by atoms with Crippen LogP contribution in [-0.2, 0) is 0 Å². The third kappa shape index (κ3) is 3.07. The first kappa shape index (κ1) is 9.25. The van der Waals surface area contributed by atoms with Gasteiger partial charge in [0.15, 0.2) is 0 Å². The minimum absolute atomic E-state index is 0.437. The van der Waals surface area contributed by atoms with Crippen molar-refractivity contribution in [3.63, 3.8) is 0 Å². The highest BCUT2D eigenvalue weighted by atomic mass is 35.5. The van der Waals surface area contributed by atoms with Crippen LogP contribution in [0.2, 0.25) is 0 Å². The molecular formula is C7H16ClN. The van der Waals surface area contributed by atoms with Crippen LogP contribution >= 0.6 is 11.8 Å². The van der Waals surface area contributed by atoms with E-state index in [4.69, 9.17) is 11.8 Å². The van der Waals surface area contributed by atoms with Crippen LogP contribution in [0.4, 0.5) is 0 Å². The zero-order valence-electron chi connectivity index (χ0n) is 6.61. The van der Waals surface area contributed by atoms with E-state index < -0.39 is 0 Å². The Morgan fingerprint density at radius 1 is 1.00 bits per heavy atom. The summed E-state index contributed by atoms with van der Waals surface area (Å²) in [5, 5.41) is 0. The SMILES string of the molecule is CC(C)C(NCl)C(C)C. The van der Waals surface area contributed by atoms with Gasteiger partial charge in [0.2, 0.25) is 0 Å². The van der Waals surface area contributed by atoms with Crippen molar-refractivity contribution in [3.05, 3.63) is 0 Å². The lowest BCUT2D eigenvalue weighted by atomic mass is 9.95. The van der Waals surface area contributed by atoms with Crippen LogP contribution in [0.3, 0.4) is 0 Å². The fraction of sp³-hybridized carbons (Fsp3) is 1.00. The van der Waals surface area contributed by atoms with Gasteiger partial charge in [-0.15, -0.1) is 0 Å². The molecule has 0 radical (unpaired) electrons. The van der Waals surface area contributed by atoms with Crippen molar-refractivity contribution in [2.75, 3.05) is 0 Å². The lowest BCUT2D eigenvalue weighted by Gasteiger charge is -2.22. The van der Waals surface area contributed by atoms with E-state index in [1.165, 1.54) is 0 Å². The number of rotatable bonds is 3. The van der Waals surface area contributed by atoms with E-state index >= 15 is 0 Å². The van der Waals surface area contributed by atoms with Gasteiger partial charge in [-0.25, -0.2) is 4.84 Å². The summed E-state index contributed by atoms with van der Waals surface area (Å²) in [6.45, 7) is 8.67. The fourth-order valence-electron chi connectivity index (χ4n) is 1.02. The third-order valence-electron chi connectivity index (χ3n) is 1.56. The largest absolute Gasteiger partial charge is 0.230 e. The predicted molar refractivity (Wildman–Crippen MR) is 42.5 cm³/mol. The summed E-state index contributed by atoms with van der Waals surface area (Å²) >= 11 is 5.51. The van der Waals surface area contributed by atoms with Gasteiger partial charge in [0.25, 0.3) is 0 Å². The molecule has 0 spiro atoms. The maximum atomic E-state index is 5.51. The predicted octanol–water partition coefficient (Wildman–Crippen LogP) is 2.41. The van der Waals surface area contributed by atoms with Crippen molar-refractivity contribution in [3.8, 4) is 0 Å². The van der Waals surface area contributed by atoms with E-state index in [0.717, 1.165) is 0 Å². The van der Waals surface area contributed by atoms with Gasteiger partial charge in [-0.2, -0.15) is 0 Å². The number of hydrogen-bond acceptors (Lipinski definition) is 1. The van der Waals surface area contributed by atoms with Crippen LogP contribution in [0.15, 0.2) is 0 Å². The minimum atomic E-state index is 0.437. The molecule has 0 rings (SSSR count). The molecule has 0 fully saturated rings. The molecule has 1 N–H and O–H groups in total. The Morgan fingerprint density at radius 2 is 1.33 bits per heavy atom. The second-order valence-electron chi connectivity index (χ2n) is 3.12. The molecule has 0 saturated heterocycles. The molecule has 0 aromatic carbocycles. The summed E-state index contributed by atoms with van der Waals surface area (Å²) in [4.78, 5) is 2.77. The molecule has 0 aromatic rings. The second-order valence-corrected chi connectivity index (χ2v) is 3.34.